The van der Waals surface area contributed by atoms with E-state index < -0.39 is 0 Å². The molecule has 0 atom stereocenters. The van der Waals surface area contributed by atoms with Crippen LogP contribution in [-0.2, 0) is 6.54 Å². The van der Waals surface area contributed by atoms with Gasteiger partial charge >= 0.3 is 0 Å². The lowest BCUT2D eigenvalue weighted by Crippen LogP contribution is -2.20. The topological polar surface area (TPSA) is 42.0 Å². The Labute approximate surface area is 120 Å². The Kier molecular flexibility index (Phi) is 4.18. The highest BCUT2D eigenvalue weighted by Crippen LogP contribution is 2.20. The third-order valence-corrected chi connectivity index (χ3v) is 3.02. The van der Waals surface area contributed by atoms with Gasteiger partial charge in [-0.05, 0) is 17.7 Å². The molecule has 0 aliphatic heterocycles. The molecular formula is C17H20N2O. The Morgan fingerprint density at radius 1 is 1.10 bits per heavy atom. The predicted molar refractivity (Wildman–Crippen MR) is 81.8 cm³/mol. The van der Waals surface area contributed by atoms with Gasteiger partial charge in [0.05, 0.1) is 0 Å². The van der Waals surface area contributed by atoms with Crippen molar-refractivity contribution in [1.29, 1.82) is 0 Å². The first kappa shape index (κ1) is 14.3. The zero-order valence-corrected chi connectivity index (χ0v) is 12.2. The van der Waals surface area contributed by atoms with Crippen LogP contribution in [0.2, 0.25) is 0 Å². The van der Waals surface area contributed by atoms with Crippen LogP contribution >= 0.6 is 0 Å². The van der Waals surface area contributed by atoms with Crippen LogP contribution in [0.15, 0.2) is 48.7 Å². The summed E-state index contributed by atoms with van der Waals surface area (Å²) in [6, 6.07) is 13.8. The number of ketones is 1. The first-order valence-electron chi connectivity index (χ1n) is 6.75. The monoisotopic (exact) mass is 268 g/mol. The molecule has 0 radical (unpaired) electrons. The molecule has 0 unspecified atom stereocenters. The minimum absolute atomic E-state index is 0.111. The summed E-state index contributed by atoms with van der Waals surface area (Å²) in [5.74, 6) is 0.888. The van der Waals surface area contributed by atoms with Crippen molar-refractivity contribution in [2.75, 3.05) is 5.32 Å². The maximum atomic E-state index is 12.1. The highest BCUT2D eigenvalue weighted by Gasteiger charge is 2.22. The zero-order valence-electron chi connectivity index (χ0n) is 12.2. The van der Waals surface area contributed by atoms with Gasteiger partial charge in [-0.25, -0.2) is 4.98 Å². The number of benzene rings is 1. The lowest BCUT2D eigenvalue weighted by molar-refractivity contribution is 0.0858. The van der Waals surface area contributed by atoms with E-state index in [0.717, 1.165) is 12.4 Å². The summed E-state index contributed by atoms with van der Waals surface area (Å²) in [6.07, 6.45) is 1.64. The van der Waals surface area contributed by atoms with E-state index in [9.17, 15) is 4.79 Å². The number of nitrogens with one attached hydrogen (secondary N) is 1. The maximum Gasteiger partial charge on any atom is 0.169 e. The summed E-state index contributed by atoms with van der Waals surface area (Å²) < 4.78 is 0. The van der Waals surface area contributed by atoms with Gasteiger partial charge in [0, 0.05) is 23.7 Å². The van der Waals surface area contributed by atoms with Crippen molar-refractivity contribution in [3.05, 3.63) is 59.8 Å². The molecule has 2 aromatic rings. The van der Waals surface area contributed by atoms with E-state index in [2.05, 4.69) is 22.4 Å². The van der Waals surface area contributed by atoms with Gasteiger partial charge in [-0.2, -0.15) is 0 Å². The lowest BCUT2D eigenvalue weighted by Gasteiger charge is -2.16. The van der Waals surface area contributed by atoms with Crippen molar-refractivity contribution < 1.29 is 4.79 Å². The first-order chi connectivity index (χ1) is 9.47. The summed E-state index contributed by atoms with van der Waals surface area (Å²) in [7, 11) is 0. The fourth-order valence-corrected chi connectivity index (χ4v) is 1.85. The zero-order chi connectivity index (χ0) is 14.6. The highest BCUT2D eigenvalue weighted by atomic mass is 16.1. The largest absolute Gasteiger partial charge is 0.366 e. The smallest absolute Gasteiger partial charge is 0.169 e. The van der Waals surface area contributed by atoms with Crippen LogP contribution in [0.1, 0.15) is 36.7 Å². The second-order valence-electron chi connectivity index (χ2n) is 5.85. The molecule has 0 saturated carbocycles. The molecule has 1 heterocycles. The molecule has 20 heavy (non-hydrogen) atoms. The number of rotatable bonds is 4. The molecule has 0 amide bonds. The van der Waals surface area contributed by atoms with E-state index in [-0.39, 0.29) is 11.2 Å². The molecule has 1 N–H and O–H groups in total. The van der Waals surface area contributed by atoms with Gasteiger partial charge in [0.25, 0.3) is 0 Å². The molecule has 0 aliphatic rings. The Hall–Kier alpha value is -2.16. The fourth-order valence-electron chi connectivity index (χ4n) is 1.85. The SMILES string of the molecule is CC(C)(C)C(=O)c1ccc(NCc2ccccc2)nc1. The van der Waals surface area contributed by atoms with Gasteiger partial charge in [0.15, 0.2) is 5.78 Å². The lowest BCUT2D eigenvalue weighted by atomic mass is 9.87. The summed E-state index contributed by atoms with van der Waals surface area (Å²) in [6.45, 7) is 6.46. The third kappa shape index (κ3) is 3.67. The quantitative estimate of drug-likeness (QED) is 0.854. The number of anilines is 1. The number of hydrogen-bond acceptors (Lipinski definition) is 3. The summed E-state index contributed by atoms with van der Waals surface area (Å²) in [4.78, 5) is 16.4. The minimum Gasteiger partial charge on any atom is -0.366 e. The minimum atomic E-state index is -0.374. The van der Waals surface area contributed by atoms with Gasteiger partial charge < -0.3 is 5.32 Å². The number of nitrogens with zero attached hydrogens (tertiary/aromatic N) is 1. The normalized spacial score (nSPS) is 11.2. The highest BCUT2D eigenvalue weighted by molar-refractivity contribution is 5.99. The number of carbonyl (C=O) groups excluding carboxylic acids is 1. The molecule has 3 heteroatoms. The molecule has 0 spiro atoms. The molecule has 2 rings (SSSR count). The summed E-state index contributed by atoms with van der Waals surface area (Å²) in [5, 5.41) is 3.24. The van der Waals surface area contributed by atoms with Gasteiger partial charge in [-0.1, -0.05) is 51.1 Å². The van der Waals surface area contributed by atoms with Crippen molar-refractivity contribution in [3.8, 4) is 0 Å². The van der Waals surface area contributed by atoms with E-state index in [1.54, 1.807) is 6.20 Å². The predicted octanol–water partition coefficient (Wildman–Crippen LogP) is 3.92. The number of aromatic nitrogens is 1. The van der Waals surface area contributed by atoms with E-state index in [0.29, 0.717) is 5.56 Å². The van der Waals surface area contributed by atoms with Crippen molar-refractivity contribution in [2.45, 2.75) is 27.3 Å². The molecule has 3 nitrogen and oxygen atoms in total. The molecule has 104 valence electrons. The molecular weight excluding hydrogens is 248 g/mol. The number of carbonyl (C=O) groups is 1. The fraction of sp³-hybridized carbons (Fsp3) is 0.294. The standard InChI is InChI=1S/C17H20N2O/c1-17(2,3)16(20)14-9-10-15(19-12-14)18-11-13-7-5-4-6-8-13/h4-10,12H,11H2,1-3H3,(H,18,19). The molecule has 0 saturated heterocycles. The Morgan fingerprint density at radius 3 is 2.35 bits per heavy atom. The summed E-state index contributed by atoms with van der Waals surface area (Å²) in [5.41, 5.74) is 1.48. The van der Waals surface area contributed by atoms with Crippen LogP contribution in [0.3, 0.4) is 0 Å². The van der Waals surface area contributed by atoms with Crippen LogP contribution in [0, 0.1) is 5.41 Å². The van der Waals surface area contributed by atoms with Crippen molar-refractivity contribution in [1.82, 2.24) is 4.98 Å². The summed E-state index contributed by atoms with van der Waals surface area (Å²) >= 11 is 0. The van der Waals surface area contributed by atoms with Gasteiger partial charge in [0.2, 0.25) is 0 Å². The van der Waals surface area contributed by atoms with Gasteiger partial charge in [-0.15, -0.1) is 0 Å². The molecule has 1 aromatic heterocycles. The Bertz CT molecular complexity index is 568. The number of Topliss-reactive ketones (excluding diaryl/α,β-unsaturated/α-hetero) is 1. The van der Waals surface area contributed by atoms with E-state index in [1.807, 2.05) is 51.1 Å². The molecule has 0 aliphatic carbocycles. The van der Waals surface area contributed by atoms with E-state index in [1.165, 1.54) is 5.56 Å². The van der Waals surface area contributed by atoms with Gasteiger partial charge in [-0.3, -0.25) is 4.79 Å². The van der Waals surface area contributed by atoms with Crippen molar-refractivity contribution in [3.63, 3.8) is 0 Å². The number of pyridine rings is 1. The Balaban J connectivity index is 2.00. The van der Waals surface area contributed by atoms with E-state index in [4.69, 9.17) is 0 Å². The molecule has 0 bridgehead atoms. The average Bonchev–Trinajstić information content (AvgIpc) is 2.45. The van der Waals surface area contributed by atoms with Crippen LogP contribution in [0.25, 0.3) is 0 Å². The number of hydrogen-bond donors (Lipinski definition) is 1. The molecule has 0 fully saturated rings. The maximum absolute atomic E-state index is 12.1. The first-order valence-corrected chi connectivity index (χ1v) is 6.75. The second kappa shape index (κ2) is 5.87. The Morgan fingerprint density at radius 2 is 1.80 bits per heavy atom. The van der Waals surface area contributed by atoms with Crippen LogP contribution in [0.5, 0.6) is 0 Å². The van der Waals surface area contributed by atoms with Crippen LogP contribution < -0.4 is 5.32 Å². The third-order valence-electron chi connectivity index (χ3n) is 3.02. The van der Waals surface area contributed by atoms with Crippen LogP contribution in [0.4, 0.5) is 5.82 Å². The van der Waals surface area contributed by atoms with Crippen LogP contribution in [-0.4, -0.2) is 10.8 Å². The van der Waals surface area contributed by atoms with Crippen molar-refractivity contribution in [2.24, 2.45) is 5.41 Å². The van der Waals surface area contributed by atoms with Crippen molar-refractivity contribution >= 4 is 11.6 Å². The van der Waals surface area contributed by atoms with E-state index >= 15 is 0 Å². The molecule has 1 aromatic carbocycles. The second-order valence-corrected chi connectivity index (χ2v) is 5.85. The van der Waals surface area contributed by atoms with Gasteiger partial charge in [0.1, 0.15) is 5.82 Å². The average molecular weight is 268 g/mol.